The topological polar surface area (TPSA) is 69.0 Å². The van der Waals surface area contributed by atoms with Gasteiger partial charge in [-0.1, -0.05) is 103 Å². The Morgan fingerprint density at radius 2 is 1.14 bits per heavy atom. The quantitative estimate of drug-likeness (QED) is 0.132. The van der Waals surface area contributed by atoms with Crippen molar-refractivity contribution in [2.24, 2.45) is 0 Å². The first-order valence-corrected chi connectivity index (χ1v) is 11.1. The predicted octanol–water partition coefficient (Wildman–Crippen LogP) is 5.90. The lowest BCUT2D eigenvalue weighted by Crippen LogP contribution is -2.23. The van der Waals surface area contributed by atoms with Crippen LogP contribution in [-0.2, 0) is 0 Å². The Hall–Kier alpha value is -4.90. The van der Waals surface area contributed by atoms with Crippen LogP contribution in [0, 0.1) is 0 Å². The van der Waals surface area contributed by atoms with E-state index in [-0.39, 0.29) is 11.3 Å². The number of Topliss-reactive ketones (excluding diaryl/α,β-unsaturated/α-hetero) is 3. The minimum absolute atomic E-state index is 0.0888. The van der Waals surface area contributed by atoms with Crippen molar-refractivity contribution in [3.05, 3.63) is 144 Å². The van der Waals surface area contributed by atoms with E-state index in [1.165, 1.54) is 10.9 Å². The number of ketones is 3. The number of aromatic nitrogens is 2. The van der Waals surface area contributed by atoms with E-state index in [2.05, 4.69) is 5.10 Å². The van der Waals surface area contributed by atoms with Gasteiger partial charge in [0.25, 0.3) is 0 Å². The zero-order chi connectivity index (χ0) is 24.2. The maximum atomic E-state index is 14.1. The van der Waals surface area contributed by atoms with Gasteiger partial charge in [0.05, 0.1) is 0 Å². The number of fused-ring (bicyclic) bond motifs is 1. The molecule has 168 valence electrons. The van der Waals surface area contributed by atoms with E-state index in [0.717, 1.165) is 10.8 Å². The molecule has 1 aromatic heterocycles. The number of nitrogens with zero attached hydrogens (tertiary/aromatic N) is 2. The van der Waals surface area contributed by atoms with Gasteiger partial charge in [-0.05, 0) is 16.8 Å². The van der Waals surface area contributed by atoms with Crippen LogP contribution in [-0.4, -0.2) is 27.1 Å². The molecule has 5 aromatic rings. The molecule has 0 unspecified atom stereocenters. The molecule has 1 heterocycles. The standard InChI is InChI=1S/C30H20N2O3/c33-28(22-12-3-1-4-13-22)26(29(34)23-14-5-2-6-15-23)27(32-20-10-19-31-32)30(35)25-18-9-16-21-11-7-8-17-24(21)25/h1-20H. The van der Waals surface area contributed by atoms with Crippen molar-refractivity contribution in [2.45, 2.75) is 0 Å². The number of carbonyl (C=O) groups is 3. The average Bonchev–Trinajstić information content (AvgIpc) is 3.46. The van der Waals surface area contributed by atoms with Gasteiger partial charge in [-0.3, -0.25) is 14.4 Å². The minimum Gasteiger partial charge on any atom is -0.288 e. The van der Waals surface area contributed by atoms with Gasteiger partial charge in [0.15, 0.2) is 11.6 Å². The predicted molar refractivity (Wildman–Crippen MR) is 135 cm³/mol. The molecular formula is C30H20N2O3. The normalized spacial score (nSPS) is 10.6. The Kier molecular flexibility index (Phi) is 5.97. The van der Waals surface area contributed by atoms with Crippen LogP contribution < -0.4 is 0 Å². The maximum Gasteiger partial charge on any atom is 0.212 e. The van der Waals surface area contributed by atoms with E-state index in [1.54, 1.807) is 85.1 Å². The number of allylic oxidation sites excluding steroid dienone is 2. The zero-order valence-corrected chi connectivity index (χ0v) is 18.7. The fourth-order valence-corrected chi connectivity index (χ4v) is 4.07. The molecule has 0 N–H and O–H groups in total. The van der Waals surface area contributed by atoms with Crippen LogP contribution in [0.5, 0.6) is 0 Å². The van der Waals surface area contributed by atoms with Crippen LogP contribution in [0.4, 0.5) is 0 Å². The van der Waals surface area contributed by atoms with E-state index < -0.39 is 17.3 Å². The third-order valence-electron chi connectivity index (χ3n) is 5.75. The highest BCUT2D eigenvalue weighted by molar-refractivity contribution is 6.42. The van der Waals surface area contributed by atoms with E-state index in [9.17, 15) is 14.4 Å². The summed E-state index contributed by atoms with van der Waals surface area (Å²) < 4.78 is 1.31. The number of benzene rings is 4. The lowest BCUT2D eigenvalue weighted by molar-refractivity contribution is 0.0950. The molecule has 0 fully saturated rings. The summed E-state index contributed by atoms with van der Waals surface area (Å²) >= 11 is 0. The molecule has 0 amide bonds. The average molecular weight is 457 g/mol. The smallest absolute Gasteiger partial charge is 0.212 e. The molecule has 5 heteroatoms. The van der Waals surface area contributed by atoms with Crippen LogP contribution in [0.25, 0.3) is 16.5 Å². The second kappa shape index (κ2) is 9.53. The first-order chi connectivity index (χ1) is 17.1. The molecule has 0 saturated carbocycles. The Labute approximate surface area is 202 Å². The molecule has 5 nitrogen and oxygen atoms in total. The lowest BCUT2D eigenvalue weighted by atomic mass is 9.90. The molecule has 0 spiro atoms. The van der Waals surface area contributed by atoms with Gasteiger partial charge in [0.2, 0.25) is 5.78 Å². The summed E-state index contributed by atoms with van der Waals surface area (Å²) in [6.07, 6.45) is 3.07. The third kappa shape index (κ3) is 4.23. The second-order valence-corrected chi connectivity index (χ2v) is 7.92. The summed E-state index contributed by atoms with van der Waals surface area (Å²) in [5.74, 6) is -1.55. The first kappa shape index (κ1) is 21.9. The van der Waals surface area contributed by atoms with Gasteiger partial charge in [0.1, 0.15) is 11.3 Å². The molecule has 0 aliphatic heterocycles. The fourth-order valence-electron chi connectivity index (χ4n) is 4.07. The number of hydrogen-bond donors (Lipinski definition) is 0. The molecule has 0 bridgehead atoms. The molecule has 0 radical (unpaired) electrons. The van der Waals surface area contributed by atoms with Crippen molar-refractivity contribution in [1.29, 1.82) is 0 Å². The third-order valence-corrected chi connectivity index (χ3v) is 5.75. The van der Waals surface area contributed by atoms with Gasteiger partial charge < -0.3 is 0 Å². The van der Waals surface area contributed by atoms with Crippen molar-refractivity contribution in [3.63, 3.8) is 0 Å². The summed E-state index contributed by atoms with van der Waals surface area (Å²) in [6.45, 7) is 0. The van der Waals surface area contributed by atoms with E-state index in [1.807, 2.05) is 30.3 Å². The van der Waals surface area contributed by atoms with Gasteiger partial charge in [0, 0.05) is 29.1 Å². The monoisotopic (exact) mass is 456 g/mol. The molecule has 4 aromatic carbocycles. The van der Waals surface area contributed by atoms with Gasteiger partial charge in [-0.25, -0.2) is 4.68 Å². The first-order valence-electron chi connectivity index (χ1n) is 11.1. The van der Waals surface area contributed by atoms with Crippen LogP contribution in [0.3, 0.4) is 0 Å². The highest BCUT2D eigenvalue weighted by Crippen LogP contribution is 2.27. The largest absolute Gasteiger partial charge is 0.288 e. The summed E-state index contributed by atoms with van der Waals surface area (Å²) in [7, 11) is 0. The Bertz CT molecular complexity index is 1510. The summed E-state index contributed by atoms with van der Waals surface area (Å²) in [6, 6.07) is 31.5. The Balaban J connectivity index is 1.81. The van der Waals surface area contributed by atoms with Gasteiger partial charge >= 0.3 is 0 Å². The van der Waals surface area contributed by atoms with Crippen molar-refractivity contribution in [1.82, 2.24) is 9.78 Å². The molecule has 0 aliphatic rings. The fraction of sp³-hybridized carbons (Fsp3) is 0. The van der Waals surface area contributed by atoms with E-state index in [4.69, 9.17) is 0 Å². The molecule has 0 aliphatic carbocycles. The van der Waals surface area contributed by atoms with Crippen molar-refractivity contribution in [3.8, 4) is 0 Å². The number of hydrogen-bond acceptors (Lipinski definition) is 4. The van der Waals surface area contributed by atoms with Crippen molar-refractivity contribution < 1.29 is 14.4 Å². The second-order valence-electron chi connectivity index (χ2n) is 7.92. The van der Waals surface area contributed by atoms with Gasteiger partial charge in [-0.2, -0.15) is 5.10 Å². The molecule has 0 atom stereocenters. The van der Waals surface area contributed by atoms with Crippen LogP contribution >= 0.6 is 0 Å². The lowest BCUT2D eigenvalue weighted by Gasteiger charge is -2.15. The van der Waals surface area contributed by atoms with Gasteiger partial charge in [-0.15, -0.1) is 0 Å². The van der Waals surface area contributed by atoms with E-state index in [0.29, 0.717) is 16.7 Å². The number of carbonyl (C=O) groups excluding carboxylic acids is 3. The summed E-state index contributed by atoms with van der Waals surface area (Å²) in [4.78, 5) is 41.8. The van der Waals surface area contributed by atoms with Crippen LogP contribution in [0.15, 0.2) is 127 Å². The highest BCUT2D eigenvalue weighted by Gasteiger charge is 2.31. The molecule has 5 rings (SSSR count). The Morgan fingerprint density at radius 1 is 0.571 bits per heavy atom. The summed E-state index contributed by atoms with van der Waals surface area (Å²) in [5, 5.41) is 5.85. The SMILES string of the molecule is O=C(C(C(=O)c1ccccc1)=C(C(=O)c1cccc2ccccc12)n1cccn1)c1ccccc1. The zero-order valence-electron chi connectivity index (χ0n) is 18.7. The summed E-state index contributed by atoms with van der Waals surface area (Å²) in [5.41, 5.74) is 0.676. The van der Waals surface area contributed by atoms with Crippen molar-refractivity contribution >= 4 is 33.8 Å². The van der Waals surface area contributed by atoms with Crippen LogP contribution in [0.2, 0.25) is 0 Å². The molecule has 0 saturated heterocycles. The van der Waals surface area contributed by atoms with Crippen molar-refractivity contribution in [2.75, 3.05) is 0 Å². The molecule has 35 heavy (non-hydrogen) atoms. The highest BCUT2D eigenvalue weighted by atomic mass is 16.2. The maximum absolute atomic E-state index is 14.1. The van der Waals surface area contributed by atoms with Crippen LogP contribution in [0.1, 0.15) is 31.1 Å². The minimum atomic E-state index is -0.543. The molecular weight excluding hydrogens is 436 g/mol. The Morgan fingerprint density at radius 3 is 1.74 bits per heavy atom. The van der Waals surface area contributed by atoms with E-state index >= 15 is 0 Å². The number of rotatable bonds is 7.